The van der Waals surface area contributed by atoms with Gasteiger partial charge in [0.2, 0.25) is 5.91 Å². The first-order valence-electron chi connectivity index (χ1n) is 12.4. The number of anilines is 1. The first kappa shape index (κ1) is 28.5. The Kier molecular flexibility index (Phi) is 8.00. The van der Waals surface area contributed by atoms with Crippen molar-refractivity contribution in [2.75, 3.05) is 25.0 Å². The lowest BCUT2D eigenvalue weighted by Gasteiger charge is -2.42. The van der Waals surface area contributed by atoms with Crippen LogP contribution in [0.25, 0.3) is 10.9 Å². The number of aromatic nitrogens is 1. The van der Waals surface area contributed by atoms with E-state index in [1.54, 1.807) is 58.7 Å². The smallest absolute Gasteiger partial charge is 0.418 e. The van der Waals surface area contributed by atoms with Gasteiger partial charge in [-0.05, 0) is 71.2 Å². The second-order valence-corrected chi connectivity index (χ2v) is 11.6. The number of piperidine rings is 1. The lowest BCUT2D eigenvalue weighted by atomic mass is 9.92. The number of hydrogen-bond acceptors (Lipinski definition) is 5. The van der Waals surface area contributed by atoms with Gasteiger partial charge in [-0.15, -0.1) is 0 Å². The number of pyridine rings is 1. The van der Waals surface area contributed by atoms with Crippen molar-refractivity contribution < 1.29 is 27.5 Å². The van der Waals surface area contributed by atoms with Crippen LogP contribution in [-0.4, -0.2) is 59.2 Å². The standard InChI is InChI=1S/C27H37F3N4O3/c1-17-13-18(33(7)22(35)14-26(5,6)32-24(36)37-25(2,3)4)16-34(15-17)21-11-10-20(27(28,29)30)23-19(21)9-8-12-31-23/h8-12,17-18H,13-16H2,1-7H3,(H,32,36)/t17-,18+/m0/s1. The number of nitrogens with one attached hydrogen (secondary N) is 1. The van der Waals surface area contributed by atoms with E-state index in [-0.39, 0.29) is 29.8 Å². The molecular weight excluding hydrogens is 485 g/mol. The van der Waals surface area contributed by atoms with Gasteiger partial charge in [0.1, 0.15) is 5.60 Å². The number of alkyl halides is 3. The molecule has 1 N–H and O–H groups in total. The molecule has 1 aliphatic heterocycles. The maximum Gasteiger partial charge on any atom is 0.418 e. The summed E-state index contributed by atoms with van der Waals surface area (Å²) in [7, 11) is 1.74. The van der Waals surface area contributed by atoms with Crippen molar-refractivity contribution in [1.29, 1.82) is 0 Å². The lowest BCUT2D eigenvalue weighted by Crippen LogP contribution is -2.54. The van der Waals surface area contributed by atoms with Crippen molar-refractivity contribution in [3.05, 3.63) is 36.0 Å². The number of carbonyl (C=O) groups is 2. The van der Waals surface area contributed by atoms with Crippen molar-refractivity contribution in [3.8, 4) is 0 Å². The molecule has 0 spiro atoms. The predicted molar refractivity (Wildman–Crippen MR) is 137 cm³/mol. The van der Waals surface area contributed by atoms with Gasteiger partial charge in [0.15, 0.2) is 0 Å². The Bertz CT molecular complexity index is 1140. The number of benzene rings is 1. The van der Waals surface area contributed by atoms with E-state index in [9.17, 15) is 22.8 Å². The molecule has 0 radical (unpaired) electrons. The molecule has 0 aliphatic carbocycles. The minimum atomic E-state index is -4.50. The van der Waals surface area contributed by atoms with E-state index in [0.717, 1.165) is 12.5 Å². The zero-order valence-corrected chi connectivity index (χ0v) is 22.6. The highest BCUT2D eigenvalue weighted by molar-refractivity contribution is 5.94. The fraction of sp³-hybridized carbons (Fsp3) is 0.593. The zero-order valence-electron chi connectivity index (χ0n) is 22.6. The summed E-state index contributed by atoms with van der Waals surface area (Å²) in [5.74, 6) is 0.0648. The number of likely N-dealkylation sites (N-methyl/N-ethyl adjacent to an activating group) is 1. The lowest BCUT2D eigenvalue weighted by molar-refractivity contribution is -0.136. The van der Waals surface area contributed by atoms with Crippen LogP contribution in [0, 0.1) is 5.92 Å². The second-order valence-electron chi connectivity index (χ2n) is 11.6. The van der Waals surface area contributed by atoms with E-state index in [0.29, 0.717) is 24.2 Å². The Labute approximate surface area is 216 Å². The van der Waals surface area contributed by atoms with Gasteiger partial charge in [-0.1, -0.05) is 6.92 Å². The number of fused-ring (bicyclic) bond motifs is 1. The molecule has 3 rings (SSSR count). The Balaban J connectivity index is 1.78. The molecule has 2 heterocycles. The molecule has 37 heavy (non-hydrogen) atoms. The Morgan fingerprint density at radius 1 is 1.14 bits per heavy atom. The van der Waals surface area contributed by atoms with Crippen LogP contribution in [0.2, 0.25) is 0 Å². The number of amides is 2. The molecule has 10 heteroatoms. The van der Waals surface area contributed by atoms with Crippen LogP contribution >= 0.6 is 0 Å². The largest absolute Gasteiger partial charge is 0.444 e. The van der Waals surface area contributed by atoms with Crippen molar-refractivity contribution in [3.63, 3.8) is 0 Å². The summed E-state index contributed by atoms with van der Waals surface area (Å²) in [6, 6.07) is 5.71. The molecule has 0 bridgehead atoms. The summed E-state index contributed by atoms with van der Waals surface area (Å²) < 4.78 is 46.0. The minimum absolute atomic E-state index is 0.0702. The number of alkyl carbamates (subject to hydrolysis) is 1. The Hall–Kier alpha value is -3.04. The van der Waals surface area contributed by atoms with Crippen molar-refractivity contribution >= 4 is 28.6 Å². The highest BCUT2D eigenvalue weighted by Gasteiger charge is 2.36. The van der Waals surface area contributed by atoms with Crippen LogP contribution in [0.5, 0.6) is 0 Å². The van der Waals surface area contributed by atoms with Crippen molar-refractivity contribution in [2.45, 2.75) is 77.7 Å². The molecule has 1 aliphatic rings. The third-order valence-electron chi connectivity index (χ3n) is 6.40. The van der Waals surface area contributed by atoms with Gasteiger partial charge in [0.25, 0.3) is 0 Å². The highest BCUT2D eigenvalue weighted by atomic mass is 19.4. The maximum absolute atomic E-state index is 13.6. The summed E-state index contributed by atoms with van der Waals surface area (Å²) >= 11 is 0. The third-order valence-corrected chi connectivity index (χ3v) is 6.40. The minimum Gasteiger partial charge on any atom is -0.444 e. The van der Waals surface area contributed by atoms with Gasteiger partial charge >= 0.3 is 12.3 Å². The summed E-state index contributed by atoms with van der Waals surface area (Å²) in [5.41, 5.74) is -1.66. The summed E-state index contributed by atoms with van der Waals surface area (Å²) in [6.07, 6.45) is -2.90. The molecule has 204 valence electrons. The quantitative estimate of drug-likeness (QED) is 0.552. The van der Waals surface area contributed by atoms with Gasteiger partial charge in [-0.2, -0.15) is 13.2 Å². The Morgan fingerprint density at radius 2 is 1.81 bits per heavy atom. The molecule has 2 amide bonds. The van der Waals surface area contributed by atoms with Crippen LogP contribution in [0.4, 0.5) is 23.7 Å². The molecule has 1 aromatic carbocycles. The second kappa shape index (κ2) is 10.4. The topological polar surface area (TPSA) is 74.8 Å². The predicted octanol–water partition coefficient (Wildman–Crippen LogP) is 5.62. The van der Waals surface area contributed by atoms with E-state index < -0.39 is 29.0 Å². The Morgan fingerprint density at radius 3 is 2.43 bits per heavy atom. The number of carbonyl (C=O) groups excluding carboxylic acids is 2. The van der Waals surface area contributed by atoms with Crippen LogP contribution in [0.1, 0.15) is 59.9 Å². The molecular formula is C27H37F3N4O3. The summed E-state index contributed by atoms with van der Waals surface area (Å²) in [4.78, 5) is 33.2. The van der Waals surface area contributed by atoms with E-state index in [1.165, 1.54) is 12.3 Å². The molecule has 1 aromatic heterocycles. The highest BCUT2D eigenvalue weighted by Crippen LogP contribution is 2.38. The first-order valence-corrected chi connectivity index (χ1v) is 12.4. The normalized spacial score (nSPS) is 19.0. The monoisotopic (exact) mass is 522 g/mol. The number of rotatable bonds is 5. The van der Waals surface area contributed by atoms with Gasteiger partial charge in [-0.25, -0.2) is 4.79 Å². The van der Waals surface area contributed by atoms with E-state index in [4.69, 9.17) is 4.74 Å². The zero-order chi connectivity index (χ0) is 27.8. The van der Waals surface area contributed by atoms with E-state index in [1.807, 2.05) is 4.90 Å². The van der Waals surface area contributed by atoms with E-state index >= 15 is 0 Å². The summed E-state index contributed by atoms with van der Waals surface area (Å²) in [6.45, 7) is 12.0. The molecule has 0 unspecified atom stereocenters. The van der Waals surface area contributed by atoms with E-state index in [2.05, 4.69) is 17.2 Å². The number of nitrogens with zero attached hydrogens (tertiary/aromatic N) is 3. The van der Waals surface area contributed by atoms with Crippen molar-refractivity contribution in [2.24, 2.45) is 5.92 Å². The molecule has 2 aromatic rings. The molecule has 1 fully saturated rings. The van der Waals surface area contributed by atoms with Gasteiger partial charge in [0, 0.05) is 55.4 Å². The average Bonchev–Trinajstić information content (AvgIpc) is 2.74. The molecule has 7 nitrogen and oxygen atoms in total. The van der Waals surface area contributed by atoms with Gasteiger partial charge in [-0.3, -0.25) is 9.78 Å². The SMILES string of the molecule is C[C@H]1C[C@@H](N(C)C(=O)CC(C)(C)NC(=O)OC(C)(C)C)CN(c2ccc(C(F)(F)F)c3ncccc23)C1. The number of halogens is 3. The fourth-order valence-electron chi connectivity index (χ4n) is 4.79. The molecule has 0 saturated carbocycles. The molecule has 2 atom stereocenters. The summed E-state index contributed by atoms with van der Waals surface area (Å²) in [5, 5.41) is 3.20. The third kappa shape index (κ3) is 7.26. The van der Waals surface area contributed by atoms with Crippen LogP contribution in [0.15, 0.2) is 30.5 Å². The van der Waals surface area contributed by atoms with Crippen LogP contribution in [-0.2, 0) is 15.7 Å². The first-order chi connectivity index (χ1) is 17.0. The number of hydrogen-bond donors (Lipinski definition) is 1. The van der Waals surface area contributed by atoms with Crippen molar-refractivity contribution in [1.82, 2.24) is 15.2 Å². The van der Waals surface area contributed by atoms with Gasteiger partial charge < -0.3 is 19.9 Å². The van der Waals surface area contributed by atoms with Crippen LogP contribution < -0.4 is 10.2 Å². The van der Waals surface area contributed by atoms with Gasteiger partial charge in [0.05, 0.1) is 11.1 Å². The van der Waals surface area contributed by atoms with Crippen LogP contribution in [0.3, 0.4) is 0 Å². The average molecular weight is 523 g/mol. The fourth-order valence-corrected chi connectivity index (χ4v) is 4.79. The molecule has 1 saturated heterocycles. The maximum atomic E-state index is 13.6. The number of ether oxygens (including phenoxy) is 1.